The van der Waals surface area contributed by atoms with Crippen molar-refractivity contribution in [3.05, 3.63) is 18.5 Å². The lowest BCUT2D eigenvalue weighted by Crippen LogP contribution is -2.51. The van der Waals surface area contributed by atoms with E-state index < -0.39 is 0 Å². The number of amides is 1. The molecule has 1 aromatic rings. The van der Waals surface area contributed by atoms with Crippen LogP contribution in [0.4, 0.5) is 5.95 Å². The van der Waals surface area contributed by atoms with Crippen LogP contribution in [-0.4, -0.2) is 47.0 Å². The molecule has 0 N–H and O–H groups in total. The van der Waals surface area contributed by atoms with E-state index in [0.29, 0.717) is 5.91 Å². The van der Waals surface area contributed by atoms with Crippen LogP contribution in [0.2, 0.25) is 0 Å². The van der Waals surface area contributed by atoms with Gasteiger partial charge in [0.15, 0.2) is 0 Å². The van der Waals surface area contributed by atoms with E-state index in [1.54, 1.807) is 12.4 Å². The fourth-order valence-corrected chi connectivity index (χ4v) is 3.19. The van der Waals surface area contributed by atoms with Crippen LogP contribution in [0.15, 0.2) is 18.5 Å². The van der Waals surface area contributed by atoms with E-state index in [9.17, 15) is 4.79 Å². The summed E-state index contributed by atoms with van der Waals surface area (Å²) in [5, 5.41) is 0. The highest BCUT2D eigenvalue weighted by Crippen LogP contribution is 2.26. The van der Waals surface area contributed by atoms with E-state index in [0.717, 1.165) is 45.0 Å². The maximum atomic E-state index is 12.5. The minimum Gasteiger partial charge on any atom is -0.339 e. The highest BCUT2D eigenvalue weighted by Gasteiger charge is 2.28. The van der Waals surface area contributed by atoms with Crippen LogP contribution in [-0.2, 0) is 4.79 Å². The van der Waals surface area contributed by atoms with Gasteiger partial charge in [-0.05, 0) is 18.9 Å². The van der Waals surface area contributed by atoms with E-state index in [1.807, 2.05) is 11.0 Å². The number of anilines is 1. The smallest absolute Gasteiger partial charge is 0.225 e. The number of rotatable bonds is 2. The third kappa shape index (κ3) is 3.84. The summed E-state index contributed by atoms with van der Waals surface area (Å²) >= 11 is 0. The van der Waals surface area contributed by atoms with Gasteiger partial charge in [0, 0.05) is 44.5 Å². The molecular formula is C15H23ClN4O. The molecule has 21 heavy (non-hydrogen) atoms. The van der Waals surface area contributed by atoms with Crippen LogP contribution in [0.5, 0.6) is 0 Å². The van der Waals surface area contributed by atoms with Gasteiger partial charge in [0.05, 0.1) is 0 Å². The van der Waals surface area contributed by atoms with Gasteiger partial charge in [-0.25, -0.2) is 9.97 Å². The van der Waals surface area contributed by atoms with Gasteiger partial charge in [-0.3, -0.25) is 4.79 Å². The number of aromatic nitrogens is 2. The van der Waals surface area contributed by atoms with Crippen molar-refractivity contribution in [1.82, 2.24) is 14.9 Å². The van der Waals surface area contributed by atoms with Gasteiger partial charge in [0.1, 0.15) is 0 Å². The van der Waals surface area contributed by atoms with Crippen molar-refractivity contribution < 1.29 is 4.79 Å². The number of piperazine rings is 1. The number of carbonyl (C=O) groups excluding carboxylic acids is 1. The zero-order valence-electron chi connectivity index (χ0n) is 12.3. The van der Waals surface area contributed by atoms with Crippen molar-refractivity contribution in [3.8, 4) is 0 Å². The van der Waals surface area contributed by atoms with E-state index in [-0.39, 0.29) is 18.3 Å². The Morgan fingerprint density at radius 1 is 1.00 bits per heavy atom. The number of nitrogens with zero attached hydrogens (tertiary/aromatic N) is 4. The lowest BCUT2D eigenvalue weighted by Gasteiger charge is -2.37. The van der Waals surface area contributed by atoms with Crippen molar-refractivity contribution >= 4 is 24.3 Å². The first-order chi connectivity index (χ1) is 9.84. The molecule has 0 unspecified atom stereocenters. The van der Waals surface area contributed by atoms with E-state index in [1.165, 1.54) is 19.3 Å². The van der Waals surface area contributed by atoms with Crippen molar-refractivity contribution in [2.24, 2.45) is 5.92 Å². The summed E-state index contributed by atoms with van der Waals surface area (Å²) in [7, 11) is 0. The Labute approximate surface area is 132 Å². The molecule has 1 saturated carbocycles. The molecule has 1 saturated heterocycles. The molecular weight excluding hydrogens is 288 g/mol. The maximum absolute atomic E-state index is 12.5. The largest absolute Gasteiger partial charge is 0.339 e. The zero-order valence-corrected chi connectivity index (χ0v) is 13.1. The fourth-order valence-electron chi connectivity index (χ4n) is 3.19. The first-order valence-electron chi connectivity index (χ1n) is 7.65. The molecule has 5 nitrogen and oxygen atoms in total. The Balaban J connectivity index is 0.00000161. The second-order valence-electron chi connectivity index (χ2n) is 5.70. The molecule has 116 valence electrons. The van der Waals surface area contributed by atoms with Crippen molar-refractivity contribution in [2.75, 3.05) is 31.1 Å². The third-order valence-corrected chi connectivity index (χ3v) is 4.38. The normalized spacial score (nSPS) is 20.0. The molecule has 2 heterocycles. The standard InChI is InChI=1S/C15H22N4O.ClH/c20-14(13-5-2-1-3-6-13)18-9-11-19(12-10-18)15-16-7-4-8-17-15;/h4,7-8,13H,1-3,5-6,9-12H2;1H. The number of hydrogen-bond acceptors (Lipinski definition) is 4. The van der Waals surface area contributed by atoms with Crippen LogP contribution in [0.3, 0.4) is 0 Å². The van der Waals surface area contributed by atoms with Gasteiger partial charge in [0.2, 0.25) is 11.9 Å². The quantitative estimate of drug-likeness (QED) is 0.839. The summed E-state index contributed by atoms with van der Waals surface area (Å²) in [5.74, 6) is 1.43. The van der Waals surface area contributed by atoms with E-state index in [2.05, 4.69) is 14.9 Å². The maximum Gasteiger partial charge on any atom is 0.225 e. The molecule has 1 amide bonds. The van der Waals surface area contributed by atoms with Crippen molar-refractivity contribution in [2.45, 2.75) is 32.1 Å². The molecule has 0 atom stereocenters. The minimum atomic E-state index is 0. The summed E-state index contributed by atoms with van der Waals surface area (Å²) in [5.41, 5.74) is 0. The van der Waals surface area contributed by atoms with Crippen LogP contribution >= 0.6 is 12.4 Å². The molecule has 2 aliphatic rings. The summed E-state index contributed by atoms with van der Waals surface area (Å²) in [4.78, 5) is 25.2. The molecule has 0 radical (unpaired) electrons. The predicted octanol–water partition coefficient (Wildman–Crippen LogP) is 2.13. The Hall–Kier alpha value is -1.36. The molecule has 3 rings (SSSR count). The predicted molar refractivity (Wildman–Crippen MR) is 84.6 cm³/mol. The van der Waals surface area contributed by atoms with Crippen LogP contribution < -0.4 is 4.90 Å². The summed E-state index contributed by atoms with van der Waals surface area (Å²) in [6.45, 7) is 3.27. The van der Waals surface area contributed by atoms with Gasteiger partial charge in [0.25, 0.3) is 0 Å². The number of halogens is 1. The van der Waals surface area contributed by atoms with Crippen LogP contribution in [0.1, 0.15) is 32.1 Å². The highest BCUT2D eigenvalue weighted by molar-refractivity contribution is 5.85. The van der Waals surface area contributed by atoms with Gasteiger partial charge in [-0.2, -0.15) is 0 Å². The molecule has 0 spiro atoms. The lowest BCUT2D eigenvalue weighted by molar-refractivity contribution is -0.136. The van der Waals surface area contributed by atoms with Gasteiger partial charge in [-0.1, -0.05) is 19.3 Å². The monoisotopic (exact) mass is 310 g/mol. The molecule has 1 aliphatic carbocycles. The molecule has 2 fully saturated rings. The molecule has 0 bridgehead atoms. The third-order valence-electron chi connectivity index (χ3n) is 4.38. The van der Waals surface area contributed by atoms with Gasteiger partial charge in [-0.15, -0.1) is 12.4 Å². The second-order valence-corrected chi connectivity index (χ2v) is 5.70. The van der Waals surface area contributed by atoms with Crippen molar-refractivity contribution in [1.29, 1.82) is 0 Å². The Morgan fingerprint density at radius 2 is 1.62 bits per heavy atom. The average molecular weight is 311 g/mol. The topological polar surface area (TPSA) is 49.3 Å². The second kappa shape index (κ2) is 7.59. The number of carbonyl (C=O) groups is 1. The first kappa shape index (κ1) is 16.0. The molecule has 0 aromatic carbocycles. The van der Waals surface area contributed by atoms with E-state index >= 15 is 0 Å². The molecule has 6 heteroatoms. The van der Waals surface area contributed by atoms with Crippen LogP contribution in [0, 0.1) is 5.92 Å². The van der Waals surface area contributed by atoms with Gasteiger partial charge < -0.3 is 9.80 Å². The SMILES string of the molecule is Cl.O=C(C1CCCCC1)N1CCN(c2ncccn2)CC1. The minimum absolute atomic E-state index is 0. The summed E-state index contributed by atoms with van der Waals surface area (Å²) < 4.78 is 0. The summed E-state index contributed by atoms with van der Waals surface area (Å²) in [6, 6.07) is 1.83. The fraction of sp³-hybridized carbons (Fsp3) is 0.667. The Bertz CT molecular complexity index is 442. The van der Waals surface area contributed by atoms with Gasteiger partial charge >= 0.3 is 0 Å². The Morgan fingerprint density at radius 3 is 2.24 bits per heavy atom. The molecule has 1 aromatic heterocycles. The summed E-state index contributed by atoms with van der Waals surface area (Å²) in [6.07, 6.45) is 9.43. The van der Waals surface area contributed by atoms with E-state index in [4.69, 9.17) is 0 Å². The first-order valence-corrected chi connectivity index (χ1v) is 7.65. The van der Waals surface area contributed by atoms with Crippen LogP contribution in [0.25, 0.3) is 0 Å². The Kier molecular flexibility index (Phi) is 5.79. The highest BCUT2D eigenvalue weighted by atomic mass is 35.5. The average Bonchev–Trinajstić information content (AvgIpc) is 2.56. The lowest BCUT2D eigenvalue weighted by atomic mass is 9.88. The van der Waals surface area contributed by atoms with Crippen molar-refractivity contribution in [3.63, 3.8) is 0 Å². The number of hydrogen-bond donors (Lipinski definition) is 0. The molecule has 1 aliphatic heterocycles. The zero-order chi connectivity index (χ0) is 13.8.